The zero-order chi connectivity index (χ0) is 15.2. The van der Waals surface area contributed by atoms with Gasteiger partial charge in [-0.2, -0.15) is 0 Å². The maximum Gasteiger partial charge on any atom is 0.163 e. The van der Waals surface area contributed by atoms with Crippen molar-refractivity contribution in [3.63, 3.8) is 0 Å². The van der Waals surface area contributed by atoms with Crippen molar-refractivity contribution in [2.24, 2.45) is 0 Å². The summed E-state index contributed by atoms with van der Waals surface area (Å²) in [5.74, 6) is 0.717. The quantitative estimate of drug-likeness (QED) is 0.817. The molecule has 0 aliphatic heterocycles. The van der Waals surface area contributed by atoms with E-state index in [4.69, 9.17) is 4.74 Å². The monoisotopic (exact) mass is 283 g/mol. The summed E-state index contributed by atoms with van der Waals surface area (Å²) in [6, 6.07) is 13.7. The Morgan fingerprint density at radius 1 is 1.24 bits per heavy atom. The molecule has 1 N–H and O–H groups in total. The molecule has 0 amide bonds. The minimum atomic E-state index is -0.129. The van der Waals surface area contributed by atoms with Gasteiger partial charge in [-0.15, -0.1) is 0 Å². The number of benzene rings is 2. The number of rotatable bonds is 6. The fraction of sp³-hybridized carbons (Fsp3) is 0.278. The number of Topliss-reactive ketones (excluding diaryl/α,β-unsaturated/α-hetero) is 1. The summed E-state index contributed by atoms with van der Waals surface area (Å²) >= 11 is 0. The first kappa shape index (κ1) is 15.1. The highest BCUT2D eigenvalue weighted by atomic mass is 16.5. The number of hydrogen-bond acceptors (Lipinski definition) is 3. The second kappa shape index (κ2) is 6.93. The van der Waals surface area contributed by atoms with Crippen LogP contribution in [-0.2, 0) is 13.0 Å². The van der Waals surface area contributed by atoms with Gasteiger partial charge in [0.05, 0.1) is 5.56 Å². The fourth-order valence-electron chi connectivity index (χ4n) is 2.26. The van der Waals surface area contributed by atoms with Crippen LogP contribution in [0.4, 0.5) is 0 Å². The highest BCUT2D eigenvalue weighted by Gasteiger charge is 2.15. The van der Waals surface area contributed by atoms with Crippen molar-refractivity contribution in [3.8, 4) is 11.5 Å². The van der Waals surface area contributed by atoms with Gasteiger partial charge in [0.1, 0.15) is 18.1 Å². The molecule has 109 valence electrons. The first-order valence-electron chi connectivity index (χ1n) is 7.07. The van der Waals surface area contributed by atoms with Gasteiger partial charge in [-0.1, -0.05) is 31.5 Å². The molecule has 0 atom stereocenters. The van der Waals surface area contributed by atoms with Crippen LogP contribution >= 0.6 is 0 Å². The maximum atomic E-state index is 11.5. The van der Waals surface area contributed by atoms with E-state index in [1.54, 1.807) is 18.2 Å². The minimum absolute atomic E-state index is 0.0897. The lowest BCUT2D eigenvalue weighted by molar-refractivity contribution is 0.101. The highest BCUT2D eigenvalue weighted by Crippen LogP contribution is 2.28. The number of ketones is 1. The number of hydrogen-bond donors (Lipinski definition) is 1. The number of aromatic hydroxyl groups is 1. The summed E-state index contributed by atoms with van der Waals surface area (Å²) in [6.07, 6.45) is 1.61. The third kappa shape index (κ3) is 3.63. The van der Waals surface area contributed by atoms with Crippen LogP contribution in [0.1, 0.15) is 41.8 Å². The summed E-state index contributed by atoms with van der Waals surface area (Å²) in [7, 11) is 0. The maximum absolute atomic E-state index is 11.5. The predicted molar refractivity (Wildman–Crippen MR) is 81.7 cm³/mol. The molecule has 3 nitrogen and oxygen atoms in total. The molecule has 0 aliphatic rings. The highest BCUT2D eigenvalue weighted by molar-refractivity contribution is 5.97. The number of phenolic OH excluding ortho intramolecular Hbond substituents is 1. The number of carbonyl (C=O) groups excluding carboxylic acids is 1. The van der Waals surface area contributed by atoms with E-state index in [0.29, 0.717) is 18.6 Å². The Labute approximate surface area is 125 Å². The lowest BCUT2D eigenvalue weighted by Crippen LogP contribution is -2.04. The van der Waals surface area contributed by atoms with Gasteiger partial charge in [0, 0.05) is 5.56 Å². The molecule has 0 saturated heterocycles. The normalized spacial score (nSPS) is 10.4. The zero-order valence-electron chi connectivity index (χ0n) is 12.3. The molecule has 2 aromatic rings. The largest absolute Gasteiger partial charge is 0.507 e. The zero-order valence-corrected chi connectivity index (χ0v) is 12.3. The summed E-state index contributed by atoms with van der Waals surface area (Å²) in [4.78, 5) is 11.5. The molecule has 0 spiro atoms. The van der Waals surface area contributed by atoms with E-state index in [-0.39, 0.29) is 11.5 Å². The number of phenols is 1. The van der Waals surface area contributed by atoms with Gasteiger partial charge in [-0.05, 0) is 43.2 Å². The average Bonchev–Trinajstić information content (AvgIpc) is 2.48. The van der Waals surface area contributed by atoms with Crippen LogP contribution in [0.5, 0.6) is 11.5 Å². The van der Waals surface area contributed by atoms with Crippen LogP contribution < -0.4 is 4.74 Å². The smallest absolute Gasteiger partial charge is 0.163 e. The third-order valence-corrected chi connectivity index (χ3v) is 3.34. The van der Waals surface area contributed by atoms with E-state index in [0.717, 1.165) is 23.3 Å². The van der Waals surface area contributed by atoms with E-state index in [1.165, 1.54) is 6.92 Å². The standard InChI is InChI=1S/C18H19O3/c1-3-7-17-14(10-11-16(13(2)19)18(17)20)12-21-15-8-5-4-6-9-15/h5-6,8-11,20H,3,7,12H2,1-2H3. The van der Waals surface area contributed by atoms with Gasteiger partial charge >= 0.3 is 0 Å². The number of ether oxygens (including phenoxy) is 1. The second-order valence-corrected chi connectivity index (χ2v) is 4.93. The van der Waals surface area contributed by atoms with Crippen molar-refractivity contribution in [2.45, 2.75) is 33.3 Å². The van der Waals surface area contributed by atoms with Gasteiger partial charge in [0.15, 0.2) is 5.78 Å². The van der Waals surface area contributed by atoms with E-state index in [2.05, 4.69) is 6.07 Å². The van der Waals surface area contributed by atoms with Gasteiger partial charge in [-0.25, -0.2) is 0 Å². The average molecular weight is 283 g/mol. The second-order valence-electron chi connectivity index (χ2n) is 4.93. The van der Waals surface area contributed by atoms with E-state index < -0.39 is 0 Å². The lowest BCUT2D eigenvalue weighted by atomic mass is 9.97. The van der Waals surface area contributed by atoms with Gasteiger partial charge in [0.25, 0.3) is 0 Å². The van der Waals surface area contributed by atoms with Crippen LogP contribution in [0.25, 0.3) is 0 Å². The summed E-state index contributed by atoms with van der Waals surface area (Å²) < 4.78 is 5.72. The van der Waals surface area contributed by atoms with Crippen LogP contribution in [0, 0.1) is 6.07 Å². The molecule has 0 aliphatic carbocycles. The molecule has 0 bridgehead atoms. The van der Waals surface area contributed by atoms with Gasteiger partial charge in [0.2, 0.25) is 0 Å². The molecule has 0 unspecified atom stereocenters. The van der Waals surface area contributed by atoms with Gasteiger partial charge in [-0.3, -0.25) is 4.79 Å². The molecule has 3 heteroatoms. The number of carbonyl (C=O) groups is 1. The fourth-order valence-corrected chi connectivity index (χ4v) is 2.26. The molecule has 0 saturated carbocycles. The van der Waals surface area contributed by atoms with Crippen LogP contribution in [0.15, 0.2) is 36.4 Å². The summed E-state index contributed by atoms with van der Waals surface area (Å²) in [6.45, 7) is 3.87. The Morgan fingerprint density at radius 2 is 1.95 bits per heavy atom. The van der Waals surface area contributed by atoms with E-state index >= 15 is 0 Å². The molecule has 0 fully saturated rings. The van der Waals surface area contributed by atoms with Gasteiger partial charge < -0.3 is 9.84 Å². The Hall–Kier alpha value is -2.29. The molecule has 2 rings (SSSR count). The Kier molecular flexibility index (Phi) is 4.99. The van der Waals surface area contributed by atoms with Crippen LogP contribution in [0.2, 0.25) is 0 Å². The minimum Gasteiger partial charge on any atom is -0.507 e. The van der Waals surface area contributed by atoms with E-state index in [1.807, 2.05) is 25.1 Å². The first-order chi connectivity index (χ1) is 10.1. The molecule has 2 aromatic carbocycles. The molecular formula is C18H19O3. The third-order valence-electron chi connectivity index (χ3n) is 3.34. The SMILES string of the molecule is CCCc1c(COc2cc[c]cc2)ccc(C(C)=O)c1O. The molecule has 0 heterocycles. The van der Waals surface area contributed by atoms with Crippen molar-refractivity contribution in [1.29, 1.82) is 0 Å². The van der Waals surface area contributed by atoms with Crippen molar-refractivity contribution in [2.75, 3.05) is 0 Å². The van der Waals surface area contributed by atoms with Crippen molar-refractivity contribution in [1.82, 2.24) is 0 Å². The Morgan fingerprint density at radius 3 is 2.57 bits per heavy atom. The lowest BCUT2D eigenvalue weighted by Gasteiger charge is -2.14. The molecule has 21 heavy (non-hydrogen) atoms. The molecule has 0 aromatic heterocycles. The van der Waals surface area contributed by atoms with Crippen LogP contribution in [-0.4, -0.2) is 10.9 Å². The Balaban J connectivity index is 2.26. The Bertz CT molecular complexity index is 618. The topological polar surface area (TPSA) is 46.5 Å². The van der Waals surface area contributed by atoms with Crippen molar-refractivity contribution in [3.05, 3.63) is 59.2 Å². The summed E-state index contributed by atoms with van der Waals surface area (Å²) in [5, 5.41) is 10.3. The van der Waals surface area contributed by atoms with Crippen LogP contribution in [0.3, 0.4) is 0 Å². The molecular weight excluding hydrogens is 264 g/mol. The van der Waals surface area contributed by atoms with Crippen molar-refractivity contribution >= 4 is 5.78 Å². The van der Waals surface area contributed by atoms with Crippen molar-refractivity contribution < 1.29 is 14.6 Å². The molecule has 1 radical (unpaired) electrons. The first-order valence-corrected chi connectivity index (χ1v) is 7.07. The summed E-state index contributed by atoms with van der Waals surface area (Å²) in [5.41, 5.74) is 2.08. The predicted octanol–water partition coefficient (Wildman–Crippen LogP) is 3.93. The van der Waals surface area contributed by atoms with E-state index in [9.17, 15) is 9.90 Å².